The first kappa shape index (κ1) is 11.9. The molecule has 0 radical (unpaired) electrons. The number of halogens is 2. The zero-order valence-corrected chi connectivity index (χ0v) is 9.01. The molecule has 6 heteroatoms. The van der Waals surface area contributed by atoms with E-state index in [1.54, 1.807) is 0 Å². The van der Waals surface area contributed by atoms with Gasteiger partial charge in [0.15, 0.2) is 0 Å². The van der Waals surface area contributed by atoms with Gasteiger partial charge in [0, 0.05) is 12.6 Å². The van der Waals surface area contributed by atoms with Crippen molar-refractivity contribution in [3.63, 3.8) is 0 Å². The van der Waals surface area contributed by atoms with Crippen molar-refractivity contribution in [1.29, 1.82) is 0 Å². The highest BCUT2D eigenvalue weighted by Gasteiger charge is 2.35. The Bertz CT molecular complexity index is 428. The van der Waals surface area contributed by atoms with E-state index in [2.05, 4.69) is 4.98 Å². The molecule has 1 aliphatic heterocycles. The Hall–Kier alpha value is -1.56. The van der Waals surface area contributed by atoms with Gasteiger partial charge in [0.05, 0.1) is 31.0 Å². The molecule has 2 atom stereocenters. The van der Waals surface area contributed by atoms with Gasteiger partial charge < -0.3 is 10.0 Å². The lowest BCUT2D eigenvalue weighted by Gasteiger charge is -2.22. The van der Waals surface area contributed by atoms with Gasteiger partial charge in [-0.1, -0.05) is 0 Å². The number of alkyl halides is 1. The van der Waals surface area contributed by atoms with E-state index < -0.39 is 23.9 Å². The average molecular weight is 242 g/mol. The van der Waals surface area contributed by atoms with E-state index in [0.29, 0.717) is 0 Å². The quantitative estimate of drug-likeness (QED) is 0.833. The maximum Gasteiger partial charge on any atom is 0.255 e. The fraction of sp³-hybridized carbons (Fsp3) is 0.455. The number of rotatable bonds is 2. The van der Waals surface area contributed by atoms with E-state index in [-0.39, 0.29) is 25.1 Å². The number of hydrogen-bond acceptors (Lipinski definition) is 3. The Kier molecular flexibility index (Phi) is 3.33. The van der Waals surface area contributed by atoms with Gasteiger partial charge in [-0.15, -0.1) is 0 Å². The predicted octanol–water partition coefficient (Wildman–Crippen LogP) is 0.766. The smallest absolute Gasteiger partial charge is 0.255 e. The van der Waals surface area contributed by atoms with Gasteiger partial charge in [0.2, 0.25) is 0 Å². The summed E-state index contributed by atoms with van der Waals surface area (Å²) in [4.78, 5) is 16.7. The number of aliphatic hydroxyl groups is 1. The molecule has 0 unspecified atom stereocenters. The molecule has 1 fully saturated rings. The summed E-state index contributed by atoms with van der Waals surface area (Å²) in [6.07, 6.45) is 1.19. The van der Waals surface area contributed by atoms with Crippen LogP contribution in [0.25, 0.3) is 0 Å². The summed E-state index contributed by atoms with van der Waals surface area (Å²) >= 11 is 0. The Balaban J connectivity index is 2.20. The number of aromatic nitrogens is 1. The van der Waals surface area contributed by atoms with Gasteiger partial charge in [0.1, 0.15) is 12.0 Å². The van der Waals surface area contributed by atoms with Gasteiger partial charge >= 0.3 is 0 Å². The van der Waals surface area contributed by atoms with Crippen molar-refractivity contribution in [2.75, 3.05) is 13.2 Å². The first-order valence-electron chi connectivity index (χ1n) is 5.28. The van der Waals surface area contributed by atoms with Crippen molar-refractivity contribution >= 4 is 5.91 Å². The molecule has 2 heterocycles. The van der Waals surface area contributed by atoms with Gasteiger partial charge in [-0.05, 0) is 6.07 Å². The summed E-state index contributed by atoms with van der Waals surface area (Å²) in [5.41, 5.74) is 0.0672. The lowest BCUT2D eigenvalue weighted by atomic mass is 10.2. The van der Waals surface area contributed by atoms with Gasteiger partial charge in [-0.25, -0.2) is 8.78 Å². The molecule has 0 aromatic carbocycles. The minimum atomic E-state index is -1.14. The normalized spacial score (nSPS) is 24.1. The van der Waals surface area contributed by atoms with Crippen LogP contribution in [0.3, 0.4) is 0 Å². The summed E-state index contributed by atoms with van der Waals surface area (Å²) in [5, 5.41) is 9.05. The monoisotopic (exact) mass is 242 g/mol. The van der Waals surface area contributed by atoms with Crippen LogP contribution in [-0.2, 0) is 0 Å². The molecule has 0 saturated carbocycles. The molecule has 4 nitrogen and oxygen atoms in total. The molecular formula is C11H12F2N2O2. The van der Waals surface area contributed by atoms with Crippen LogP contribution in [0, 0.1) is 5.82 Å². The molecular weight excluding hydrogens is 230 g/mol. The molecule has 1 aromatic rings. The van der Waals surface area contributed by atoms with Crippen LogP contribution in [0.2, 0.25) is 0 Å². The zero-order chi connectivity index (χ0) is 12.4. The maximum absolute atomic E-state index is 13.2. The average Bonchev–Trinajstić information content (AvgIpc) is 2.69. The van der Waals surface area contributed by atoms with Crippen LogP contribution in [0.4, 0.5) is 8.78 Å². The highest BCUT2D eigenvalue weighted by molar-refractivity contribution is 5.94. The molecule has 1 amide bonds. The molecule has 1 aliphatic rings. The second-order valence-electron chi connectivity index (χ2n) is 4.02. The summed E-state index contributed by atoms with van der Waals surface area (Å²) in [5.74, 6) is -1.12. The fourth-order valence-electron chi connectivity index (χ4n) is 1.98. The third kappa shape index (κ3) is 2.41. The Morgan fingerprint density at radius 2 is 2.35 bits per heavy atom. The Morgan fingerprint density at radius 1 is 1.59 bits per heavy atom. The number of aliphatic hydroxyl groups excluding tert-OH is 1. The van der Waals surface area contributed by atoms with Gasteiger partial charge in [-0.2, -0.15) is 0 Å². The van der Waals surface area contributed by atoms with Crippen LogP contribution in [-0.4, -0.2) is 46.3 Å². The number of pyridine rings is 1. The van der Waals surface area contributed by atoms with E-state index in [1.807, 2.05) is 0 Å². The minimum Gasteiger partial charge on any atom is -0.394 e. The molecule has 2 rings (SSSR count). The number of carbonyl (C=O) groups excluding carboxylic acids is 1. The first-order chi connectivity index (χ1) is 8.11. The summed E-state index contributed by atoms with van der Waals surface area (Å²) in [6, 6.07) is 0.510. The minimum absolute atomic E-state index is 0.0672. The van der Waals surface area contributed by atoms with E-state index in [4.69, 9.17) is 5.11 Å². The molecule has 0 bridgehead atoms. The highest BCUT2D eigenvalue weighted by atomic mass is 19.1. The maximum atomic E-state index is 13.2. The lowest BCUT2D eigenvalue weighted by Crippen LogP contribution is -2.37. The third-order valence-electron chi connectivity index (χ3n) is 2.79. The van der Waals surface area contributed by atoms with Gasteiger partial charge in [-0.3, -0.25) is 9.78 Å². The standard InChI is InChI=1S/C11H12F2N2O2/c12-8-1-7(3-14-4-8)11(17)15-5-9(13)2-10(15)6-16/h1,3-4,9-10,16H,2,5-6H2/t9-,10-/m0/s1. The van der Waals surface area contributed by atoms with Gasteiger partial charge in [0.25, 0.3) is 5.91 Å². The highest BCUT2D eigenvalue weighted by Crippen LogP contribution is 2.22. The Morgan fingerprint density at radius 3 is 3.00 bits per heavy atom. The van der Waals surface area contributed by atoms with E-state index >= 15 is 0 Å². The topological polar surface area (TPSA) is 53.4 Å². The van der Waals surface area contributed by atoms with Crippen LogP contribution < -0.4 is 0 Å². The van der Waals surface area contributed by atoms with Crippen molar-refractivity contribution in [1.82, 2.24) is 9.88 Å². The van der Waals surface area contributed by atoms with E-state index in [9.17, 15) is 13.6 Å². The molecule has 92 valence electrons. The zero-order valence-electron chi connectivity index (χ0n) is 9.01. The van der Waals surface area contributed by atoms with Crippen molar-refractivity contribution in [3.8, 4) is 0 Å². The first-order valence-corrected chi connectivity index (χ1v) is 5.28. The van der Waals surface area contributed by atoms with Crippen LogP contribution in [0.5, 0.6) is 0 Å². The molecule has 1 N–H and O–H groups in total. The molecule has 0 spiro atoms. The number of hydrogen-bond donors (Lipinski definition) is 1. The largest absolute Gasteiger partial charge is 0.394 e. The van der Waals surface area contributed by atoms with Crippen LogP contribution >= 0.6 is 0 Å². The summed E-state index contributed by atoms with van der Waals surface area (Å²) in [7, 11) is 0. The number of carbonyl (C=O) groups is 1. The van der Waals surface area contributed by atoms with Crippen LogP contribution in [0.15, 0.2) is 18.5 Å². The van der Waals surface area contributed by atoms with E-state index in [1.165, 1.54) is 11.1 Å². The van der Waals surface area contributed by atoms with Crippen molar-refractivity contribution in [3.05, 3.63) is 29.8 Å². The second kappa shape index (κ2) is 4.75. The lowest BCUT2D eigenvalue weighted by molar-refractivity contribution is 0.0672. The molecule has 17 heavy (non-hydrogen) atoms. The van der Waals surface area contributed by atoms with E-state index in [0.717, 1.165) is 12.3 Å². The van der Waals surface area contributed by atoms with Crippen LogP contribution in [0.1, 0.15) is 16.8 Å². The predicted molar refractivity (Wildman–Crippen MR) is 55.6 cm³/mol. The third-order valence-corrected chi connectivity index (χ3v) is 2.79. The fourth-order valence-corrected chi connectivity index (χ4v) is 1.98. The van der Waals surface area contributed by atoms with Crippen molar-refractivity contribution in [2.45, 2.75) is 18.6 Å². The Labute approximate surface area is 96.9 Å². The SMILES string of the molecule is O=C(c1cncc(F)c1)N1C[C@@H](F)C[C@H]1CO. The number of amides is 1. The summed E-state index contributed by atoms with van der Waals surface area (Å²) in [6.45, 7) is -0.366. The molecule has 0 aliphatic carbocycles. The number of nitrogens with zero attached hydrogens (tertiary/aromatic N) is 2. The number of likely N-dealkylation sites (tertiary alicyclic amines) is 1. The second-order valence-corrected chi connectivity index (χ2v) is 4.02. The molecule has 1 aromatic heterocycles. The van der Waals surface area contributed by atoms with Crippen molar-refractivity contribution in [2.24, 2.45) is 0 Å². The summed E-state index contributed by atoms with van der Waals surface area (Å²) < 4.78 is 26.1. The molecule has 1 saturated heterocycles. The van der Waals surface area contributed by atoms with Crippen molar-refractivity contribution < 1.29 is 18.7 Å².